The van der Waals surface area contributed by atoms with Crippen LogP contribution in [0, 0.1) is 11.8 Å². The Kier molecular flexibility index (Phi) is 7.93. The second-order valence-corrected chi connectivity index (χ2v) is 13.4. The van der Waals surface area contributed by atoms with Crippen molar-refractivity contribution in [3.63, 3.8) is 0 Å². The van der Waals surface area contributed by atoms with Gasteiger partial charge in [0.15, 0.2) is 0 Å². The quantitative estimate of drug-likeness (QED) is 0.320. The van der Waals surface area contributed by atoms with Gasteiger partial charge in [-0.1, -0.05) is 23.2 Å². The molecule has 4 aromatic heterocycles. The van der Waals surface area contributed by atoms with Gasteiger partial charge in [-0.05, 0) is 56.7 Å². The zero-order valence-electron chi connectivity index (χ0n) is 21.9. The van der Waals surface area contributed by atoms with Crippen LogP contribution in [0.4, 0.5) is 0 Å². The molecule has 1 amide bonds. The molecule has 0 aromatic carbocycles. The number of nitrogens with zero attached hydrogens (tertiary/aromatic N) is 6. The number of likely N-dealkylation sites (N-methyl/N-ethyl adjacent to an activating group) is 1. The van der Waals surface area contributed by atoms with E-state index < -0.39 is 5.97 Å². The summed E-state index contributed by atoms with van der Waals surface area (Å²) in [5, 5.41) is 12.0. The van der Waals surface area contributed by atoms with Crippen molar-refractivity contribution in [2.45, 2.75) is 38.5 Å². The Morgan fingerprint density at radius 1 is 0.825 bits per heavy atom. The van der Waals surface area contributed by atoms with E-state index in [1.807, 2.05) is 4.90 Å². The molecule has 0 saturated carbocycles. The van der Waals surface area contributed by atoms with Crippen LogP contribution < -0.4 is 0 Å². The number of halogens is 2. The fourth-order valence-corrected chi connectivity index (χ4v) is 8.99. The number of aryl methyl sites for hydroxylation is 2. The summed E-state index contributed by atoms with van der Waals surface area (Å²) in [4.78, 5) is 48.9. The van der Waals surface area contributed by atoms with Crippen molar-refractivity contribution in [3.8, 4) is 0 Å². The molecule has 7 rings (SSSR count). The zero-order valence-corrected chi connectivity index (χ0v) is 25.0. The molecule has 1 aliphatic heterocycles. The molecule has 1 saturated heterocycles. The van der Waals surface area contributed by atoms with Gasteiger partial charge in [-0.25, -0.2) is 19.9 Å². The van der Waals surface area contributed by atoms with Crippen LogP contribution >= 0.6 is 45.9 Å². The Hall–Kier alpha value is -2.44. The summed E-state index contributed by atoms with van der Waals surface area (Å²) in [5.74, 6) is -0.573. The number of thiophene rings is 2. The van der Waals surface area contributed by atoms with Crippen molar-refractivity contribution in [1.29, 1.82) is 0 Å². The number of carboxylic acid groups (broad SMARTS) is 1. The van der Waals surface area contributed by atoms with Gasteiger partial charge in [0.05, 0.1) is 16.7 Å². The van der Waals surface area contributed by atoms with E-state index in [-0.39, 0.29) is 11.8 Å². The smallest absolute Gasteiger partial charge is 0.306 e. The Labute approximate surface area is 249 Å². The van der Waals surface area contributed by atoms with Crippen molar-refractivity contribution >= 4 is 78.2 Å². The molecule has 13 heteroatoms. The van der Waals surface area contributed by atoms with Gasteiger partial charge in [0.25, 0.3) is 0 Å². The molecule has 1 fully saturated rings. The fraction of sp³-hybridized carbons (Fsp3) is 0.481. The standard InChI is InChI=1S/C16H19ClN4OS.C11H9ClN2O2S/c1-20-4-6-21(7-5-20)16(22)10-2-3-11-12(8-10)23-15-13(11)14(17)18-9-19-15;12-9-8-6-2-1-5(11(15)16)3-7(6)17-10(8)14-4-13-9/h9-10H,2-8H2,1H3;4-5H,1-3H2,(H,15,16). The third kappa shape index (κ3) is 5.30. The number of carbonyl (C=O) groups is 2. The van der Waals surface area contributed by atoms with Gasteiger partial charge < -0.3 is 14.9 Å². The minimum absolute atomic E-state index is 0.103. The molecular formula is C27H28Cl2N6O3S2. The van der Waals surface area contributed by atoms with Crippen molar-refractivity contribution in [2.24, 2.45) is 11.8 Å². The highest BCUT2D eigenvalue weighted by Gasteiger charge is 2.32. The summed E-state index contributed by atoms with van der Waals surface area (Å²) in [6.45, 7) is 3.64. The number of piperazine rings is 1. The molecule has 2 aliphatic carbocycles. The molecule has 1 N–H and O–H groups in total. The van der Waals surface area contributed by atoms with Crippen LogP contribution in [0.1, 0.15) is 33.7 Å². The first-order valence-electron chi connectivity index (χ1n) is 13.3. The first kappa shape index (κ1) is 27.7. The molecule has 3 aliphatic rings. The molecule has 210 valence electrons. The number of carboxylic acids is 1. The minimum Gasteiger partial charge on any atom is -0.481 e. The number of amides is 1. The SMILES string of the molecule is CN1CCN(C(=O)C2CCc3c(sc4ncnc(Cl)c34)C2)CC1.O=C(O)C1CCc2c(sc3ncnc(Cl)c23)C1. The highest BCUT2D eigenvalue weighted by molar-refractivity contribution is 7.19. The molecule has 5 heterocycles. The van der Waals surface area contributed by atoms with Crippen LogP contribution in [0.15, 0.2) is 12.7 Å². The lowest BCUT2D eigenvalue weighted by Gasteiger charge is -2.35. The normalized spacial score (nSPS) is 21.0. The number of hydrogen-bond donors (Lipinski definition) is 1. The fourth-order valence-electron chi connectivity index (χ4n) is 5.85. The average Bonchev–Trinajstić information content (AvgIpc) is 3.52. The Morgan fingerprint density at radius 2 is 1.32 bits per heavy atom. The topological polar surface area (TPSA) is 112 Å². The van der Waals surface area contributed by atoms with E-state index >= 15 is 0 Å². The first-order chi connectivity index (χ1) is 19.3. The second-order valence-electron chi connectivity index (χ2n) is 10.5. The van der Waals surface area contributed by atoms with Gasteiger partial charge in [0.2, 0.25) is 5.91 Å². The Balaban J connectivity index is 0.000000151. The molecule has 0 bridgehead atoms. The Morgan fingerprint density at radius 3 is 1.85 bits per heavy atom. The molecule has 9 nitrogen and oxygen atoms in total. The lowest BCUT2D eigenvalue weighted by molar-refractivity contribution is -0.142. The maximum Gasteiger partial charge on any atom is 0.306 e. The van der Waals surface area contributed by atoms with E-state index in [2.05, 4.69) is 31.9 Å². The van der Waals surface area contributed by atoms with E-state index in [0.29, 0.717) is 29.1 Å². The maximum atomic E-state index is 12.8. The van der Waals surface area contributed by atoms with Gasteiger partial charge >= 0.3 is 5.97 Å². The van der Waals surface area contributed by atoms with E-state index in [4.69, 9.17) is 28.3 Å². The van der Waals surface area contributed by atoms with Crippen LogP contribution in [0.3, 0.4) is 0 Å². The lowest BCUT2D eigenvalue weighted by atomic mass is 9.87. The van der Waals surface area contributed by atoms with Gasteiger partial charge in [-0.15, -0.1) is 22.7 Å². The lowest BCUT2D eigenvalue weighted by Crippen LogP contribution is -2.49. The number of fused-ring (bicyclic) bond motifs is 6. The van der Waals surface area contributed by atoms with Crippen molar-refractivity contribution < 1.29 is 14.7 Å². The van der Waals surface area contributed by atoms with E-state index in [0.717, 1.165) is 82.7 Å². The maximum absolute atomic E-state index is 12.8. The monoisotopic (exact) mass is 618 g/mol. The van der Waals surface area contributed by atoms with Gasteiger partial charge in [0, 0.05) is 41.9 Å². The van der Waals surface area contributed by atoms with Crippen LogP contribution in [0.5, 0.6) is 0 Å². The predicted molar refractivity (Wildman–Crippen MR) is 158 cm³/mol. The molecule has 40 heavy (non-hydrogen) atoms. The third-order valence-corrected chi connectivity index (χ3v) is 11.0. The summed E-state index contributed by atoms with van der Waals surface area (Å²) in [6, 6.07) is 0. The van der Waals surface area contributed by atoms with E-state index in [9.17, 15) is 9.59 Å². The molecular weight excluding hydrogens is 591 g/mol. The molecule has 0 spiro atoms. The molecule has 2 atom stereocenters. The summed E-state index contributed by atoms with van der Waals surface area (Å²) < 4.78 is 0. The van der Waals surface area contributed by atoms with Crippen molar-refractivity contribution in [1.82, 2.24) is 29.7 Å². The van der Waals surface area contributed by atoms with E-state index in [1.165, 1.54) is 34.4 Å². The van der Waals surface area contributed by atoms with Gasteiger partial charge in [-0.3, -0.25) is 9.59 Å². The Bertz CT molecular complexity index is 1600. The van der Waals surface area contributed by atoms with Crippen LogP contribution in [0.2, 0.25) is 10.3 Å². The van der Waals surface area contributed by atoms with Crippen molar-refractivity contribution in [3.05, 3.63) is 43.8 Å². The second kappa shape index (κ2) is 11.4. The minimum atomic E-state index is -0.717. The number of aromatic nitrogens is 4. The van der Waals surface area contributed by atoms with Crippen LogP contribution in [-0.4, -0.2) is 79.9 Å². The van der Waals surface area contributed by atoms with Gasteiger partial charge in [0.1, 0.15) is 32.6 Å². The van der Waals surface area contributed by atoms with Gasteiger partial charge in [-0.2, -0.15) is 0 Å². The predicted octanol–water partition coefficient (Wildman–Crippen LogP) is 4.76. The molecule has 0 radical (unpaired) electrons. The van der Waals surface area contributed by atoms with Crippen molar-refractivity contribution in [2.75, 3.05) is 33.2 Å². The largest absolute Gasteiger partial charge is 0.481 e. The number of carbonyl (C=O) groups excluding carboxylic acids is 1. The zero-order chi connectivity index (χ0) is 28.0. The number of rotatable bonds is 2. The summed E-state index contributed by atoms with van der Waals surface area (Å²) in [7, 11) is 2.11. The summed E-state index contributed by atoms with van der Waals surface area (Å²) in [6.07, 6.45) is 7.57. The molecule has 2 unspecified atom stereocenters. The number of hydrogen-bond acceptors (Lipinski definition) is 9. The highest BCUT2D eigenvalue weighted by Crippen LogP contribution is 2.41. The highest BCUT2D eigenvalue weighted by atomic mass is 35.5. The van der Waals surface area contributed by atoms with Crippen LogP contribution in [0.25, 0.3) is 20.4 Å². The molecule has 4 aromatic rings. The summed E-state index contributed by atoms with van der Waals surface area (Å²) >= 11 is 15.5. The number of aliphatic carboxylic acids is 1. The summed E-state index contributed by atoms with van der Waals surface area (Å²) in [5.41, 5.74) is 2.41. The third-order valence-electron chi connectivity index (χ3n) is 8.11. The average molecular weight is 620 g/mol. The van der Waals surface area contributed by atoms with Crippen LogP contribution in [-0.2, 0) is 35.3 Å². The first-order valence-corrected chi connectivity index (χ1v) is 15.7. The van der Waals surface area contributed by atoms with E-state index in [1.54, 1.807) is 11.3 Å².